The Labute approximate surface area is 109 Å². The van der Waals surface area contributed by atoms with Crippen LogP contribution in [0.4, 0.5) is 0 Å². The van der Waals surface area contributed by atoms with Gasteiger partial charge in [-0.2, -0.15) is 0 Å². The number of unbranched alkanes of at least 4 members (excludes halogenated alkanes) is 1. The Bertz CT molecular complexity index is 303. The minimum absolute atomic E-state index is 0.420. The smallest absolute Gasteiger partial charge is 0.147 e. The Morgan fingerprint density at radius 3 is 2.71 bits per heavy atom. The summed E-state index contributed by atoms with van der Waals surface area (Å²) in [6.45, 7) is 5.76. The Kier molecular flexibility index (Phi) is 7.13. The summed E-state index contributed by atoms with van der Waals surface area (Å²) in [4.78, 5) is 8.11. The molecule has 0 fully saturated rings. The first-order valence-corrected chi connectivity index (χ1v) is 6.68. The third-order valence-corrected chi connectivity index (χ3v) is 3.02. The summed E-state index contributed by atoms with van der Waals surface area (Å²) in [7, 11) is 0. The fraction of sp³-hybridized carbons (Fsp3) is 0.692. The van der Waals surface area contributed by atoms with Crippen LogP contribution in [0.2, 0.25) is 5.15 Å². The Balaban J connectivity index is 2.23. The van der Waals surface area contributed by atoms with Gasteiger partial charge in [-0.3, -0.25) is 4.98 Å². The molecule has 0 saturated carbocycles. The molecule has 0 bridgehead atoms. The molecular weight excluding hydrogens is 236 g/mol. The molecule has 0 radical (unpaired) electrons. The van der Waals surface area contributed by atoms with Gasteiger partial charge in [0.2, 0.25) is 0 Å². The Morgan fingerprint density at radius 1 is 1.29 bits per heavy atom. The molecule has 0 amide bonds. The second-order valence-corrected chi connectivity index (χ2v) is 4.65. The summed E-state index contributed by atoms with van der Waals surface area (Å²) in [5.41, 5.74) is 0.833. The van der Waals surface area contributed by atoms with Gasteiger partial charge in [0, 0.05) is 6.61 Å². The molecule has 0 aliphatic carbocycles. The van der Waals surface area contributed by atoms with Crippen LogP contribution >= 0.6 is 11.6 Å². The average molecular weight is 257 g/mol. The van der Waals surface area contributed by atoms with Gasteiger partial charge in [-0.1, -0.05) is 44.7 Å². The molecule has 0 saturated heterocycles. The predicted molar refractivity (Wildman–Crippen MR) is 70.0 cm³/mol. The maximum Gasteiger partial charge on any atom is 0.147 e. The van der Waals surface area contributed by atoms with Crippen molar-refractivity contribution in [2.24, 2.45) is 5.92 Å². The molecule has 17 heavy (non-hydrogen) atoms. The van der Waals surface area contributed by atoms with E-state index in [1.165, 1.54) is 25.7 Å². The largest absolute Gasteiger partial charge is 0.375 e. The van der Waals surface area contributed by atoms with Gasteiger partial charge in [0.25, 0.3) is 0 Å². The first-order valence-electron chi connectivity index (χ1n) is 6.30. The zero-order chi connectivity index (χ0) is 12.5. The molecule has 1 aromatic heterocycles. The van der Waals surface area contributed by atoms with Crippen molar-refractivity contribution in [1.82, 2.24) is 9.97 Å². The van der Waals surface area contributed by atoms with Crippen molar-refractivity contribution in [2.75, 3.05) is 6.61 Å². The third kappa shape index (κ3) is 5.99. The second kappa shape index (κ2) is 8.43. The zero-order valence-corrected chi connectivity index (χ0v) is 11.4. The lowest BCUT2D eigenvalue weighted by Gasteiger charge is -2.14. The molecule has 0 aliphatic rings. The van der Waals surface area contributed by atoms with Crippen molar-refractivity contribution in [3.63, 3.8) is 0 Å². The quantitative estimate of drug-likeness (QED) is 0.708. The van der Waals surface area contributed by atoms with E-state index >= 15 is 0 Å². The van der Waals surface area contributed by atoms with Crippen LogP contribution < -0.4 is 0 Å². The fourth-order valence-electron chi connectivity index (χ4n) is 1.64. The average Bonchev–Trinajstić information content (AvgIpc) is 2.36. The molecule has 0 N–H and O–H groups in total. The number of ether oxygens (including phenoxy) is 1. The van der Waals surface area contributed by atoms with Crippen molar-refractivity contribution >= 4 is 11.6 Å². The van der Waals surface area contributed by atoms with Crippen molar-refractivity contribution in [3.05, 3.63) is 23.2 Å². The van der Waals surface area contributed by atoms with Crippen LogP contribution in [0, 0.1) is 5.92 Å². The lowest BCUT2D eigenvalue weighted by Crippen LogP contribution is -2.09. The minimum atomic E-state index is 0.420. The van der Waals surface area contributed by atoms with E-state index in [1.54, 1.807) is 12.4 Å². The van der Waals surface area contributed by atoms with Crippen LogP contribution in [-0.2, 0) is 11.3 Å². The lowest BCUT2D eigenvalue weighted by molar-refractivity contribution is 0.0797. The van der Waals surface area contributed by atoms with Crippen molar-refractivity contribution in [3.8, 4) is 0 Å². The van der Waals surface area contributed by atoms with Gasteiger partial charge in [0.15, 0.2) is 0 Å². The van der Waals surface area contributed by atoms with Crippen molar-refractivity contribution in [1.29, 1.82) is 0 Å². The monoisotopic (exact) mass is 256 g/mol. The molecule has 4 heteroatoms. The van der Waals surface area contributed by atoms with E-state index < -0.39 is 0 Å². The molecule has 0 aromatic carbocycles. The molecule has 96 valence electrons. The first kappa shape index (κ1) is 14.4. The van der Waals surface area contributed by atoms with Gasteiger partial charge in [0.1, 0.15) is 5.15 Å². The van der Waals surface area contributed by atoms with Gasteiger partial charge in [-0.05, 0) is 12.3 Å². The molecule has 1 aromatic rings. The highest BCUT2D eigenvalue weighted by atomic mass is 35.5. The molecule has 3 nitrogen and oxygen atoms in total. The fourth-order valence-corrected chi connectivity index (χ4v) is 1.74. The van der Waals surface area contributed by atoms with Gasteiger partial charge < -0.3 is 4.74 Å². The van der Waals surface area contributed by atoms with Crippen LogP contribution in [0.25, 0.3) is 0 Å². The highest BCUT2D eigenvalue weighted by Gasteiger charge is 2.06. The van der Waals surface area contributed by atoms with Crippen molar-refractivity contribution < 1.29 is 4.74 Å². The number of halogens is 1. The summed E-state index contributed by atoms with van der Waals surface area (Å²) in [6.07, 6.45) is 8.16. The topological polar surface area (TPSA) is 35.0 Å². The Hall–Kier alpha value is -0.670. The van der Waals surface area contributed by atoms with Crippen LogP contribution in [0.15, 0.2) is 12.4 Å². The van der Waals surface area contributed by atoms with Gasteiger partial charge in [0.05, 0.1) is 24.7 Å². The molecule has 1 heterocycles. The lowest BCUT2D eigenvalue weighted by atomic mass is 10.0. The van der Waals surface area contributed by atoms with Crippen molar-refractivity contribution in [2.45, 2.75) is 46.1 Å². The van der Waals surface area contributed by atoms with Gasteiger partial charge in [-0.25, -0.2) is 4.98 Å². The molecule has 1 rings (SSSR count). The summed E-state index contributed by atoms with van der Waals surface area (Å²) in [5.74, 6) is 0.662. The Morgan fingerprint density at radius 2 is 2.12 bits per heavy atom. The summed E-state index contributed by atoms with van der Waals surface area (Å²) in [6, 6.07) is 0. The van der Waals surface area contributed by atoms with Crippen LogP contribution in [0.5, 0.6) is 0 Å². The van der Waals surface area contributed by atoms with Gasteiger partial charge in [-0.15, -0.1) is 0 Å². The standard InChI is InChI=1S/C13H21ClN2O/c1-3-5-6-11(4-2)9-17-10-12-7-16-13(14)8-15-12/h7-8,11H,3-6,9-10H2,1-2H3. The maximum absolute atomic E-state index is 5.66. The molecule has 1 atom stereocenters. The van der Waals surface area contributed by atoms with Crippen LogP contribution in [0.1, 0.15) is 45.2 Å². The van der Waals surface area contributed by atoms with Gasteiger partial charge >= 0.3 is 0 Å². The molecular formula is C13H21ClN2O. The normalized spacial score (nSPS) is 12.6. The van der Waals surface area contributed by atoms with E-state index in [9.17, 15) is 0 Å². The number of aromatic nitrogens is 2. The maximum atomic E-state index is 5.66. The van der Waals surface area contributed by atoms with Crippen LogP contribution in [-0.4, -0.2) is 16.6 Å². The number of hydrogen-bond acceptors (Lipinski definition) is 3. The molecule has 0 aliphatic heterocycles. The number of rotatable bonds is 8. The number of nitrogens with zero attached hydrogens (tertiary/aromatic N) is 2. The van der Waals surface area contributed by atoms with E-state index in [0.29, 0.717) is 17.7 Å². The first-order chi connectivity index (χ1) is 8.26. The highest BCUT2D eigenvalue weighted by Crippen LogP contribution is 2.13. The van der Waals surface area contributed by atoms with E-state index in [1.807, 2.05) is 0 Å². The summed E-state index contributed by atoms with van der Waals surface area (Å²) >= 11 is 5.66. The molecule has 0 spiro atoms. The SMILES string of the molecule is CCCCC(CC)COCc1cnc(Cl)cn1. The molecule has 1 unspecified atom stereocenters. The zero-order valence-electron chi connectivity index (χ0n) is 10.7. The number of hydrogen-bond donors (Lipinski definition) is 0. The van der Waals surface area contributed by atoms with E-state index in [-0.39, 0.29) is 0 Å². The second-order valence-electron chi connectivity index (χ2n) is 4.26. The van der Waals surface area contributed by atoms with E-state index in [0.717, 1.165) is 12.3 Å². The third-order valence-electron chi connectivity index (χ3n) is 2.82. The summed E-state index contributed by atoms with van der Waals surface area (Å²) in [5, 5.41) is 0.420. The van der Waals surface area contributed by atoms with Crippen LogP contribution in [0.3, 0.4) is 0 Å². The highest BCUT2D eigenvalue weighted by molar-refractivity contribution is 6.29. The van der Waals surface area contributed by atoms with E-state index in [2.05, 4.69) is 23.8 Å². The van der Waals surface area contributed by atoms with E-state index in [4.69, 9.17) is 16.3 Å². The minimum Gasteiger partial charge on any atom is -0.375 e. The predicted octanol–water partition coefficient (Wildman–Crippen LogP) is 3.86. The summed E-state index contributed by atoms with van der Waals surface area (Å²) < 4.78 is 5.66.